The minimum absolute atomic E-state index is 0.0546. The van der Waals surface area contributed by atoms with E-state index in [9.17, 15) is 14.4 Å². The van der Waals surface area contributed by atoms with Crippen molar-refractivity contribution in [2.75, 3.05) is 6.54 Å². The fourth-order valence-electron chi connectivity index (χ4n) is 3.02. The van der Waals surface area contributed by atoms with E-state index >= 15 is 0 Å². The number of furan rings is 1. The normalized spacial score (nSPS) is 17.8. The van der Waals surface area contributed by atoms with Crippen molar-refractivity contribution in [3.8, 4) is 0 Å². The van der Waals surface area contributed by atoms with Crippen LogP contribution in [0.2, 0.25) is 0 Å². The third kappa shape index (κ3) is 5.45. The van der Waals surface area contributed by atoms with Gasteiger partial charge < -0.3 is 20.8 Å². The Kier molecular flexibility index (Phi) is 6.13. The molecule has 2 unspecified atom stereocenters. The molecule has 2 aromatic rings. The summed E-state index contributed by atoms with van der Waals surface area (Å²) in [4.78, 5) is 34.6. The van der Waals surface area contributed by atoms with Crippen molar-refractivity contribution in [2.24, 2.45) is 11.7 Å². The molecule has 2 atom stereocenters. The first-order valence-electron chi connectivity index (χ1n) is 9.43. The molecule has 0 bridgehead atoms. The summed E-state index contributed by atoms with van der Waals surface area (Å²) in [6.45, 7) is 2.39. The summed E-state index contributed by atoms with van der Waals surface area (Å²) < 4.78 is 5.81. The van der Waals surface area contributed by atoms with E-state index in [0.717, 1.165) is 17.1 Å². The van der Waals surface area contributed by atoms with Crippen molar-refractivity contribution in [1.82, 2.24) is 10.6 Å². The van der Waals surface area contributed by atoms with E-state index in [1.807, 2.05) is 12.1 Å². The van der Waals surface area contributed by atoms with Crippen LogP contribution in [0, 0.1) is 5.92 Å². The zero-order chi connectivity index (χ0) is 20.1. The summed E-state index contributed by atoms with van der Waals surface area (Å²) in [6, 6.07) is 10.8. The van der Waals surface area contributed by atoms with E-state index in [1.54, 1.807) is 24.3 Å². The predicted octanol–water partition coefficient (Wildman–Crippen LogP) is 1.87. The summed E-state index contributed by atoms with van der Waals surface area (Å²) in [6.07, 6.45) is 2.12. The van der Waals surface area contributed by atoms with E-state index < -0.39 is 5.91 Å². The van der Waals surface area contributed by atoms with Crippen molar-refractivity contribution in [3.05, 3.63) is 59.0 Å². The number of nitrogens with one attached hydrogen (secondary N) is 2. The van der Waals surface area contributed by atoms with Gasteiger partial charge in [0, 0.05) is 30.9 Å². The first-order valence-corrected chi connectivity index (χ1v) is 9.43. The first-order chi connectivity index (χ1) is 13.4. The zero-order valence-electron chi connectivity index (χ0n) is 15.9. The van der Waals surface area contributed by atoms with Crippen LogP contribution in [0.15, 0.2) is 40.8 Å². The molecular formula is C21H25N3O4. The smallest absolute Gasteiger partial charge is 0.251 e. The minimum atomic E-state index is -0.597. The third-order valence-electron chi connectivity index (χ3n) is 4.88. The van der Waals surface area contributed by atoms with Crippen LogP contribution in [-0.2, 0) is 22.6 Å². The Bertz CT molecular complexity index is 857. The maximum Gasteiger partial charge on any atom is 0.251 e. The number of rotatable bonds is 9. The second-order valence-corrected chi connectivity index (χ2v) is 7.25. The lowest BCUT2D eigenvalue weighted by Gasteiger charge is -2.07. The van der Waals surface area contributed by atoms with Crippen LogP contribution in [0.1, 0.15) is 53.1 Å². The predicted molar refractivity (Wildman–Crippen MR) is 103 cm³/mol. The number of primary amides is 1. The minimum Gasteiger partial charge on any atom is -0.466 e. The number of aryl methyl sites for hydroxylation is 1. The highest BCUT2D eigenvalue weighted by molar-refractivity contribution is 5.96. The van der Waals surface area contributed by atoms with Gasteiger partial charge in [-0.3, -0.25) is 14.4 Å². The molecule has 7 heteroatoms. The largest absolute Gasteiger partial charge is 0.466 e. The topological polar surface area (TPSA) is 114 Å². The molecule has 1 aromatic heterocycles. The van der Waals surface area contributed by atoms with Gasteiger partial charge in [0.15, 0.2) is 0 Å². The Morgan fingerprint density at radius 3 is 2.46 bits per heavy atom. The summed E-state index contributed by atoms with van der Waals surface area (Å²) in [5, 5.41) is 5.29. The van der Waals surface area contributed by atoms with Crippen molar-refractivity contribution in [2.45, 2.75) is 38.6 Å². The van der Waals surface area contributed by atoms with E-state index in [0.29, 0.717) is 36.8 Å². The molecule has 1 saturated carbocycles. The Morgan fingerprint density at radius 2 is 1.82 bits per heavy atom. The van der Waals surface area contributed by atoms with Gasteiger partial charge in [0.1, 0.15) is 11.5 Å². The molecule has 1 fully saturated rings. The summed E-state index contributed by atoms with van der Waals surface area (Å²) in [7, 11) is 0. The van der Waals surface area contributed by atoms with Crippen LogP contribution in [-0.4, -0.2) is 24.3 Å². The maximum absolute atomic E-state index is 12.1. The maximum atomic E-state index is 12.1. The van der Waals surface area contributed by atoms with Gasteiger partial charge in [-0.1, -0.05) is 19.1 Å². The van der Waals surface area contributed by atoms with Gasteiger partial charge in [0.25, 0.3) is 5.91 Å². The molecule has 7 nitrogen and oxygen atoms in total. The van der Waals surface area contributed by atoms with Crippen molar-refractivity contribution in [1.29, 1.82) is 0 Å². The van der Waals surface area contributed by atoms with E-state index in [4.69, 9.17) is 10.2 Å². The SMILES string of the molecule is CC1CC1c1ccc(CCC(=O)NCc2ccc(C(=O)NCC(N)=O)cc2)o1. The molecule has 1 aromatic carbocycles. The van der Waals surface area contributed by atoms with Crippen molar-refractivity contribution >= 4 is 17.7 Å². The number of carbonyl (C=O) groups is 3. The van der Waals surface area contributed by atoms with Gasteiger partial charge in [-0.15, -0.1) is 0 Å². The Labute approximate surface area is 163 Å². The van der Waals surface area contributed by atoms with Crippen LogP contribution in [0.3, 0.4) is 0 Å². The average Bonchev–Trinajstić information content (AvgIpc) is 3.23. The molecule has 0 spiro atoms. The lowest BCUT2D eigenvalue weighted by molar-refractivity contribution is -0.121. The number of hydrogen-bond acceptors (Lipinski definition) is 4. The molecule has 28 heavy (non-hydrogen) atoms. The standard InChI is InChI=1S/C21H25N3O4/c1-13-10-17(13)18-8-6-16(28-18)7-9-20(26)23-11-14-2-4-15(5-3-14)21(27)24-12-19(22)25/h2-6,8,13,17H,7,9-12H2,1H3,(H2,22,25)(H,23,26)(H,24,27). The van der Waals surface area contributed by atoms with E-state index in [-0.39, 0.29) is 18.4 Å². The summed E-state index contributed by atoms with van der Waals surface area (Å²) in [5.74, 6) is 2.10. The molecule has 0 radical (unpaired) electrons. The summed E-state index contributed by atoms with van der Waals surface area (Å²) in [5.41, 5.74) is 6.30. The molecule has 1 aliphatic carbocycles. The highest BCUT2D eigenvalue weighted by Crippen LogP contribution is 2.47. The quantitative estimate of drug-likeness (QED) is 0.613. The van der Waals surface area contributed by atoms with Crippen LogP contribution in [0.5, 0.6) is 0 Å². The highest BCUT2D eigenvalue weighted by atomic mass is 16.3. The number of amides is 3. The molecule has 3 amide bonds. The Hall–Kier alpha value is -3.09. The molecule has 148 valence electrons. The Balaban J connectivity index is 1.39. The lowest BCUT2D eigenvalue weighted by atomic mass is 10.1. The van der Waals surface area contributed by atoms with Crippen LogP contribution in [0.25, 0.3) is 0 Å². The van der Waals surface area contributed by atoms with E-state index in [1.165, 1.54) is 6.42 Å². The van der Waals surface area contributed by atoms with Gasteiger partial charge in [0.2, 0.25) is 11.8 Å². The number of nitrogens with two attached hydrogens (primary N) is 1. The Morgan fingerprint density at radius 1 is 1.11 bits per heavy atom. The van der Waals surface area contributed by atoms with Crippen molar-refractivity contribution < 1.29 is 18.8 Å². The molecule has 4 N–H and O–H groups in total. The molecule has 1 heterocycles. The zero-order valence-corrected chi connectivity index (χ0v) is 15.9. The lowest BCUT2D eigenvalue weighted by Crippen LogP contribution is -2.33. The first kappa shape index (κ1) is 19.7. The van der Waals surface area contributed by atoms with Gasteiger partial charge in [-0.05, 0) is 42.2 Å². The van der Waals surface area contributed by atoms with Gasteiger partial charge in [-0.2, -0.15) is 0 Å². The number of hydrogen-bond donors (Lipinski definition) is 3. The summed E-state index contributed by atoms with van der Waals surface area (Å²) >= 11 is 0. The van der Waals surface area contributed by atoms with Crippen LogP contribution in [0.4, 0.5) is 0 Å². The van der Waals surface area contributed by atoms with Gasteiger partial charge in [-0.25, -0.2) is 0 Å². The van der Waals surface area contributed by atoms with Crippen molar-refractivity contribution in [3.63, 3.8) is 0 Å². The molecular weight excluding hydrogens is 358 g/mol. The third-order valence-corrected chi connectivity index (χ3v) is 4.88. The monoisotopic (exact) mass is 383 g/mol. The number of benzene rings is 1. The number of carbonyl (C=O) groups excluding carboxylic acids is 3. The fourth-order valence-corrected chi connectivity index (χ4v) is 3.02. The average molecular weight is 383 g/mol. The van der Waals surface area contributed by atoms with Crippen LogP contribution < -0.4 is 16.4 Å². The highest BCUT2D eigenvalue weighted by Gasteiger charge is 2.36. The molecule has 1 aliphatic rings. The van der Waals surface area contributed by atoms with Gasteiger partial charge in [0.05, 0.1) is 6.54 Å². The second kappa shape index (κ2) is 8.73. The van der Waals surface area contributed by atoms with Gasteiger partial charge >= 0.3 is 0 Å². The fraction of sp³-hybridized carbons (Fsp3) is 0.381. The second-order valence-electron chi connectivity index (χ2n) is 7.25. The molecule has 0 saturated heterocycles. The molecule has 3 rings (SSSR count). The molecule has 0 aliphatic heterocycles. The van der Waals surface area contributed by atoms with E-state index in [2.05, 4.69) is 17.6 Å². The van der Waals surface area contributed by atoms with Crippen LogP contribution >= 0.6 is 0 Å².